The Morgan fingerprint density at radius 2 is 1.90 bits per heavy atom. The molecule has 0 fully saturated rings. The third-order valence-corrected chi connectivity index (χ3v) is 5.15. The first kappa shape index (κ1) is 20.3. The highest BCUT2D eigenvalue weighted by molar-refractivity contribution is 6.19. The van der Waals surface area contributed by atoms with Gasteiger partial charge in [0.25, 0.3) is 11.8 Å². The van der Waals surface area contributed by atoms with Gasteiger partial charge in [-0.25, -0.2) is 9.78 Å². The van der Waals surface area contributed by atoms with Crippen LogP contribution >= 0.6 is 0 Å². The predicted octanol–water partition coefficient (Wildman–Crippen LogP) is 3.22. The van der Waals surface area contributed by atoms with Gasteiger partial charge in [0.05, 0.1) is 38.3 Å². The van der Waals surface area contributed by atoms with Crippen molar-refractivity contribution in [1.82, 2.24) is 9.88 Å². The quantitative estimate of drug-likeness (QED) is 0.462. The second-order valence-electron chi connectivity index (χ2n) is 6.85. The van der Waals surface area contributed by atoms with Crippen molar-refractivity contribution >= 4 is 28.6 Å². The Hall–Kier alpha value is -3.94. The average Bonchev–Trinajstić information content (AvgIpc) is 3.13. The molecule has 0 saturated carbocycles. The lowest BCUT2D eigenvalue weighted by atomic mass is 10.0. The highest BCUT2D eigenvalue weighted by Crippen LogP contribution is 2.36. The van der Waals surface area contributed by atoms with Crippen molar-refractivity contribution in [1.29, 1.82) is 0 Å². The molecule has 2 heterocycles. The Morgan fingerprint density at radius 3 is 2.58 bits per heavy atom. The second kappa shape index (κ2) is 8.06. The maximum atomic E-state index is 13.4. The minimum atomic E-state index is -0.584. The van der Waals surface area contributed by atoms with Gasteiger partial charge < -0.3 is 14.2 Å². The number of esters is 1. The molecule has 1 aliphatic heterocycles. The number of carbonyl (C=O) groups is 3. The molecule has 2 amide bonds. The Bertz CT molecular complexity index is 1220. The van der Waals surface area contributed by atoms with Gasteiger partial charge in [-0.2, -0.15) is 0 Å². The number of benzene rings is 2. The minimum Gasteiger partial charge on any atom is -0.497 e. The van der Waals surface area contributed by atoms with Crippen molar-refractivity contribution in [2.75, 3.05) is 20.8 Å². The van der Waals surface area contributed by atoms with Crippen molar-refractivity contribution in [3.8, 4) is 11.5 Å². The summed E-state index contributed by atoms with van der Waals surface area (Å²) in [6, 6.07) is 10.3. The molecule has 0 atom stereocenters. The van der Waals surface area contributed by atoms with Gasteiger partial charge in [-0.15, -0.1) is 0 Å². The number of imide groups is 1. The first-order valence-electron chi connectivity index (χ1n) is 9.66. The molecule has 0 saturated heterocycles. The summed E-state index contributed by atoms with van der Waals surface area (Å²) < 4.78 is 15.9. The van der Waals surface area contributed by atoms with Gasteiger partial charge in [0.2, 0.25) is 0 Å². The van der Waals surface area contributed by atoms with E-state index in [2.05, 4.69) is 4.98 Å². The monoisotopic (exact) mass is 420 g/mol. The van der Waals surface area contributed by atoms with Crippen LogP contribution in [0.1, 0.15) is 43.7 Å². The zero-order valence-corrected chi connectivity index (χ0v) is 17.3. The number of nitrogens with zero attached hydrogens (tertiary/aromatic N) is 2. The largest absolute Gasteiger partial charge is 0.497 e. The zero-order chi connectivity index (χ0) is 22.1. The number of fused-ring (bicyclic) bond motifs is 2. The standard InChI is InChI=1S/C23H20N2O6/c1-4-31-23(28)17-11-24-20(19-16(17)9-14(29-2)10-18(19)30-3)22(27)25-12-13-7-5-6-8-15(13)21(25)26/h5-11H,4,12H2,1-3H3. The van der Waals surface area contributed by atoms with E-state index >= 15 is 0 Å². The molecule has 8 nitrogen and oxygen atoms in total. The number of hydrogen-bond acceptors (Lipinski definition) is 7. The Kier molecular flexibility index (Phi) is 5.29. The number of amides is 2. The van der Waals surface area contributed by atoms with Crippen LogP contribution in [0.5, 0.6) is 11.5 Å². The lowest BCUT2D eigenvalue weighted by Gasteiger charge is -2.17. The van der Waals surface area contributed by atoms with Gasteiger partial charge in [0.15, 0.2) is 0 Å². The third-order valence-electron chi connectivity index (χ3n) is 5.15. The van der Waals surface area contributed by atoms with Crippen molar-refractivity contribution in [2.24, 2.45) is 0 Å². The van der Waals surface area contributed by atoms with Crippen molar-refractivity contribution < 1.29 is 28.6 Å². The van der Waals surface area contributed by atoms with E-state index in [1.165, 1.54) is 20.4 Å². The molecular formula is C23H20N2O6. The lowest BCUT2D eigenvalue weighted by molar-refractivity contribution is 0.0525. The molecule has 0 radical (unpaired) electrons. The first-order valence-corrected chi connectivity index (χ1v) is 9.66. The molecule has 0 N–H and O–H groups in total. The molecule has 0 aliphatic carbocycles. The molecule has 1 aliphatic rings. The summed E-state index contributed by atoms with van der Waals surface area (Å²) in [5.41, 5.74) is 1.42. The molecule has 2 aromatic carbocycles. The van der Waals surface area contributed by atoms with Crippen LogP contribution in [0.25, 0.3) is 10.8 Å². The van der Waals surface area contributed by atoms with E-state index in [1.807, 2.05) is 6.07 Å². The van der Waals surface area contributed by atoms with Gasteiger partial charge in [-0.3, -0.25) is 14.5 Å². The normalized spacial score (nSPS) is 12.6. The number of aromatic nitrogens is 1. The fraction of sp³-hybridized carbons (Fsp3) is 0.217. The van der Waals surface area contributed by atoms with E-state index in [9.17, 15) is 14.4 Å². The van der Waals surface area contributed by atoms with E-state index in [0.717, 1.165) is 10.5 Å². The first-order chi connectivity index (χ1) is 15.0. The molecule has 0 spiro atoms. The smallest absolute Gasteiger partial charge is 0.340 e. The summed E-state index contributed by atoms with van der Waals surface area (Å²) in [5.74, 6) is -0.828. The second-order valence-corrected chi connectivity index (χ2v) is 6.85. The topological polar surface area (TPSA) is 95.0 Å². The van der Waals surface area contributed by atoms with Crippen LogP contribution in [0.3, 0.4) is 0 Å². The molecule has 158 valence electrons. The van der Waals surface area contributed by atoms with Crippen LogP contribution in [0.4, 0.5) is 0 Å². The molecule has 0 bridgehead atoms. The van der Waals surface area contributed by atoms with E-state index in [4.69, 9.17) is 14.2 Å². The van der Waals surface area contributed by atoms with Crippen LogP contribution in [0.2, 0.25) is 0 Å². The minimum absolute atomic E-state index is 0.00343. The van der Waals surface area contributed by atoms with Crippen molar-refractivity contribution in [3.05, 3.63) is 65.0 Å². The van der Waals surface area contributed by atoms with E-state index in [0.29, 0.717) is 27.8 Å². The Labute approximate surface area is 178 Å². The molecule has 0 unspecified atom stereocenters. The number of pyridine rings is 1. The number of ether oxygens (including phenoxy) is 3. The average molecular weight is 420 g/mol. The van der Waals surface area contributed by atoms with Gasteiger partial charge in [-0.05, 0) is 24.6 Å². The van der Waals surface area contributed by atoms with Crippen LogP contribution < -0.4 is 9.47 Å². The van der Waals surface area contributed by atoms with Crippen molar-refractivity contribution in [2.45, 2.75) is 13.5 Å². The number of carbonyl (C=O) groups excluding carboxylic acids is 3. The SMILES string of the molecule is CCOC(=O)c1cnc(C(=O)N2Cc3ccccc3C2=O)c2c(OC)cc(OC)cc12. The molecule has 1 aromatic heterocycles. The summed E-state index contributed by atoms with van der Waals surface area (Å²) >= 11 is 0. The maximum Gasteiger partial charge on any atom is 0.340 e. The van der Waals surface area contributed by atoms with Crippen LogP contribution in [0, 0.1) is 0 Å². The summed E-state index contributed by atoms with van der Waals surface area (Å²) in [6.07, 6.45) is 1.28. The Balaban J connectivity index is 1.89. The fourth-order valence-electron chi connectivity index (χ4n) is 3.67. The van der Waals surface area contributed by atoms with E-state index in [1.54, 1.807) is 37.3 Å². The predicted molar refractivity (Wildman–Crippen MR) is 111 cm³/mol. The Morgan fingerprint density at radius 1 is 1.13 bits per heavy atom. The van der Waals surface area contributed by atoms with Crippen LogP contribution in [0.15, 0.2) is 42.6 Å². The number of hydrogen-bond donors (Lipinski definition) is 0. The molecule has 31 heavy (non-hydrogen) atoms. The van der Waals surface area contributed by atoms with Gasteiger partial charge in [-0.1, -0.05) is 18.2 Å². The van der Waals surface area contributed by atoms with Crippen molar-refractivity contribution in [3.63, 3.8) is 0 Å². The molecule has 4 rings (SSSR count). The number of methoxy groups -OCH3 is 2. The van der Waals surface area contributed by atoms with Gasteiger partial charge >= 0.3 is 5.97 Å². The summed E-state index contributed by atoms with van der Waals surface area (Å²) in [7, 11) is 2.92. The molecular weight excluding hydrogens is 400 g/mol. The zero-order valence-electron chi connectivity index (χ0n) is 17.3. The van der Waals surface area contributed by atoms with E-state index in [-0.39, 0.29) is 24.4 Å². The summed E-state index contributed by atoms with van der Waals surface area (Å²) in [4.78, 5) is 44.1. The molecule has 8 heteroatoms. The number of rotatable bonds is 5. The fourth-order valence-corrected chi connectivity index (χ4v) is 3.67. The van der Waals surface area contributed by atoms with Gasteiger partial charge in [0.1, 0.15) is 17.2 Å². The van der Waals surface area contributed by atoms with E-state index < -0.39 is 17.8 Å². The van der Waals surface area contributed by atoms with Crippen LogP contribution in [-0.4, -0.2) is 48.5 Å². The third kappa shape index (κ3) is 3.35. The van der Waals surface area contributed by atoms with Crippen LogP contribution in [-0.2, 0) is 11.3 Å². The highest BCUT2D eigenvalue weighted by atomic mass is 16.5. The maximum absolute atomic E-state index is 13.4. The summed E-state index contributed by atoms with van der Waals surface area (Å²) in [5, 5.41) is 0.694. The molecule has 3 aromatic rings. The van der Waals surface area contributed by atoms with Gasteiger partial charge in [0, 0.05) is 23.2 Å². The lowest BCUT2D eigenvalue weighted by Crippen LogP contribution is -2.32. The highest BCUT2D eigenvalue weighted by Gasteiger charge is 2.34. The summed E-state index contributed by atoms with van der Waals surface area (Å²) in [6.45, 7) is 2.03.